The van der Waals surface area contributed by atoms with E-state index in [0.717, 1.165) is 12.0 Å². The molecule has 4 nitrogen and oxygen atoms in total. The van der Waals surface area contributed by atoms with E-state index in [9.17, 15) is 4.79 Å². The van der Waals surface area contributed by atoms with Crippen LogP contribution >= 0.6 is 0 Å². The molecule has 0 aromatic heterocycles. The van der Waals surface area contributed by atoms with Crippen molar-refractivity contribution in [3.8, 4) is 0 Å². The second-order valence-corrected chi connectivity index (χ2v) is 3.74. The lowest BCUT2D eigenvalue weighted by atomic mass is 10.1. The Balaban J connectivity index is 2.55. The molecule has 16 heavy (non-hydrogen) atoms. The molecule has 0 spiro atoms. The number of carbonyl (C=O) groups excluding carboxylic acids is 1. The van der Waals surface area contributed by atoms with Crippen LogP contribution < -0.4 is 11.1 Å². The maximum absolute atomic E-state index is 11.6. The minimum atomic E-state index is -0.456. The van der Waals surface area contributed by atoms with Crippen molar-refractivity contribution < 1.29 is 9.90 Å². The molecule has 0 aliphatic rings. The van der Waals surface area contributed by atoms with Gasteiger partial charge in [-0.3, -0.25) is 4.79 Å². The highest BCUT2D eigenvalue weighted by Gasteiger charge is 2.11. The fraction of sp³-hybridized carbons (Fsp3) is 0.417. The monoisotopic (exact) mass is 222 g/mol. The normalized spacial score (nSPS) is 12.2. The van der Waals surface area contributed by atoms with Crippen molar-refractivity contribution in [3.05, 3.63) is 29.8 Å². The van der Waals surface area contributed by atoms with Gasteiger partial charge >= 0.3 is 0 Å². The zero-order valence-electron chi connectivity index (χ0n) is 9.44. The van der Waals surface area contributed by atoms with Gasteiger partial charge in [0.1, 0.15) is 0 Å². The molecule has 4 heteroatoms. The highest BCUT2D eigenvalue weighted by molar-refractivity contribution is 5.94. The van der Waals surface area contributed by atoms with Gasteiger partial charge in [0.2, 0.25) is 5.91 Å². The largest absolute Gasteiger partial charge is 0.392 e. The number of nitrogens with two attached hydrogens (primary N) is 1. The predicted octanol–water partition coefficient (Wildman–Crippen LogP) is 1.24. The van der Waals surface area contributed by atoms with Crippen molar-refractivity contribution in [3.63, 3.8) is 0 Å². The van der Waals surface area contributed by atoms with Gasteiger partial charge < -0.3 is 16.2 Å². The van der Waals surface area contributed by atoms with Gasteiger partial charge in [-0.2, -0.15) is 0 Å². The van der Waals surface area contributed by atoms with E-state index in [0.29, 0.717) is 12.1 Å². The average molecular weight is 222 g/mol. The van der Waals surface area contributed by atoms with Crippen LogP contribution in [0.15, 0.2) is 24.3 Å². The van der Waals surface area contributed by atoms with Crippen molar-refractivity contribution >= 4 is 11.6 Å². The summed E-state index contributed by atoms with van der Waals surface area (Å²) in [5, 5.41) is 11.6. The summed E-state index contributed by atoms with van der Waals surface area (Å²) in [5.74, 6) is -0.168. The molecule has 0 fully saturated rings. The first-order chi connectivity index (χ1) is 7.67. The number of rotatable bonds is 5. The smallest absolute Gasteiger partial charge is 0.241 e. The molecule has 0 bridgehead atoms. The molecule has 0 heterocycles. The number of aliphatic hydroxyl groups excluding tert-OH is 1. The van der Waals surface area contributed by atoms with Gasteiger partial charge in [-0.05, 0) is 24.1 Å². The summed E-state index contributed by atoms with van der Waals surface area (Å²) in [6.07, 6.45) is 1.57. The van der Waals surface area contributed by atoms with Crippen LogP contribution in [0.3, 0.4) is 0 Å². The van der Waals surface area contributed by atoms with Gasteiger partial charge in [0.15, 0.2) is 0 Å². The van der Waals surface area contributed by atoms with Crippen LogP contribution in [0.5, 0.6) is 0 Å². The number of aliphatic hydroxyl groups is 1. The van der Waals surface area contributed by atoms with Crippen LogP contribution in [0.25, 0.3) is 0 Å². The molecule has 1 amide bonds. The summed E-state index contributed by atoms with van der Waals surface area (Å²) in [6, 6.07) is 6.58. The molecule has 0 saturated carbocycles. The maximum Gasteiger partial charge on any atom is 0.241 e. The molecule has 0 aliphatic heterocycles. The van der Waals surface area contributed by atoms with Crippen molar-refractivity contribution in [2.75, 3.05) is 5.32 Å². The second-order valence-electron chi connectivity index (χ2n) is 3.74. The zero-order valence-corrected chi connectivity index (χ0v) is 9.44. The van der Waals surface area contributed by atoms with Crippen molar-refractivity contribution in [1.29, 1.82) is 0 Å². The van der Waals surface area contributed by atoms with Crippen LogP contribution in [0.2, 0.25) is 0 Å². The van der Waals surface area contributed by atoms with Gasteiger partial charge in [-0.25, -0.2) is 0 Å². The Morgan fingerprint density at radius 3 is 2.56 bits per heavy atom. The molecular weight excluding hydrogens is 204 g/mol. The van der Waals surface area contributed by atoms with Gasteiger partial charge in [0, 0.05) is 5.69 Å². The molecule has 88 valence electrons. The second kappa shape index (κ2) is 6.25. The third-order valence-electron chi connectivity index (χ3n) is 2.34. The minimum Gasteiger partial charge on any atom is -0.392 e. The Labute approximate surface area is 95.5 Å². The molecule has 0 saturated heterocycles. The summed E-state index contributed by atoms with van der Waals surface area (Å²) < 4.78 is 0. The molecule has 4 N–H and O–H groups in total. The molecule has 1 aromatic rings. The van der Waals surface area contributed by atoms with Crippen molar-refractivity contribution in [2.45, 2.75) is 32.4 Å². The standard InChI is InChI=1S/C12H18N2O2/c1-2-3-11(13)12(16)14-10-6-4-9(8-15)5-7-10/h4-7,11,15H,2-3,8,13H2,1H3,(H,14,16). The summed E-state index contributed by atoms with van der Waals surface area (Å²) in [6.45, 7) is 1.99. The highest BCUT2D eigenvalue weighted by atomic mass is 16.3. The Bertz CT molecular complexity index is 335. The van der Waals surface area contributed by atoms with Gasteiger partial charge in [0.05, 0.1) is 12.6 Å². The number of anilines is 1. The topological polar surface area (TPSA) is 75.4 Å². The van der Waals surface area contributed by atoms with Gasteiger partial charge in [0.25, 0.3) is 0 Å². The summed E-state index contributed by atoms with van der Waals surface area (Å²) in [7, 11) is 0. The first kappa shape index (κ1) is 12.7. The fourth-order valence-corrected chi connectivity index (χ4v) is 1.37. The number of hydrogen-bond acceptors (Lipinski definition) is 3. The van der Waals surface area contributed by atoms with E-state index in [-0.39, 0.29) is 12.5 Å². The first-order valence-electron chi connectivity index (χ1n) is 5.43. The van der Waals surface area contributed by atoms with E-state index >= 15 is 0 Å². The van der Waals surface area contributed by atoms with Crippen LogP contribution in [-0.2, 0) is 11.4 Å². The molecule has 0 radical (unpaired) electrons. The van der Waals surface area contributed by atoms with Crippen LogP contribution in [0.4, 0.5) is 5.69 Å². The third kappa shape index (κ3) is 3.64. The van der Waals surface area contributed by atoms with Crippen molar-refractivity contribution in [2.24, 2.45) is 5.73 Å². The number of amides is 1. The van der Waals surface area contributed by atoms with E-state index in [2.05, 4.69) is 5.32 Å². The Morgan fingerprint density at radius 2 is 2.06 bits per heavy atom. The van der Waals surface area contributed by atoms with E-state index in [4.69, 9.17) is 10.8 Å². The highest BCUT2D eigenvalue weighted by Crippen LogP contribution is 2.10. The zero-order chi connectivity index (χ0) is 12.0. The molecule has 1 unspecified atom stereocenters. The summed E-state index contributed by atoms with van der Waals surface area (Å²) in [4.78, 5) is 11.6. The van der Waals surface area contributed by atoms with E-state index in [1.54, 1.807) is 24.3 Å². The molecular formula is C12H18N2O2. The SMILES string of the molecule is CCCC(N)C(=O)Nc1ccc(CO)cc1. The summed E-state index contributed by atoms with van der Waals surface area (Å²) in [5.41, 5.74) is 7.20. The lowest BCUT2D eigenvalue weighted by molar-refractivity contribution is -0.117. The van der Waals surface area contributed by atoms with Gasteiger partial charge in [-0.1, -0.05) is 25.5 Å². The lowest BCUT2D eigenvalue weighted by Crippen LogP contribution is -2.35. The molecule has 1 rings (SSSR count). The Kier molecular flexibility index (Phi) is 4.95. The van der Waals surface area contributed by atoms with Crippen LogP contribution in [0, 0.1) is 0 Å². The van der Waals surface area contributed by atoms with E-state index < -0.39 is 6.04 Å². The van der Waals surface area contributed by atoms with Gasteiger partial charge in [-0.15, -0.1) is 0 Å². The van der Waals surface area contributed by atoms with Crippen LogP contribution in [-0.4, -0.2) is 17.1 Å². The number of benzene rings is 1. The lowest BCUT2D eigenvalue weighted by Gasteiger charge is -2.11. The molecule has 1 aromatic carbocycles. The Morgan fingerprint density at radius 1 is 1.44 bits per heavy atom. The summed E-state index contributed by atoms with van der Waals surface area (Å²) >= 11 is 0. The molecule has 1 atom stereocenters. The Hall–Kier alpha value is -1.39. The average Bonchev–Trinajstić information content (AvgIpc) is 2.30. The predicted molar refractivity (Wildman–Crippen MR) is 63.9 cm³/mol. The fourth-order valence-electron chi connectivity index (χ4n) is 1.37. The minimum absolute atomic E-state index is 0.00355. The van der Waals surface area contributed by atoms with Crippen LogP contribution in [0.1, 0.15) is 25.3 Å². The maximum atomic E-state index is 11.6. The number of nitrogens with one attached hydrogen (secondary N) is 1. The first-order valence-corrected chi connectivity index (χ1v) is 5.43. The van der Waals surface area contributed by atoms with E-state index in [1.807, 2.05) is 6.92 Å². The quantitative estimate of drug-likeness (QED) is 0.701. The van der Waals surface area contributed by atoms with Crippen molar-refractivity contribution in [1.82, 2.24) is 0 Å². The number of carbonyl (C=O) groups is 1. The molecule has 0 aliphatic carbocycles. The van der Waals surface area contributed by atoms with E-state index in [1.165, 1.54) is 0 Å². The third-order valence-corrected chi connectivity index (χ3v) is 2.34. The number of hydrogen-bond donors (Lipinski definition) is 3.